The van der Waals surface area contributed by atoms with Gasteiger partial charge in [0.2, 0.25) is 0 Å². The van der Waals surface area contributed by atoms with E-state index in [2.05, 4.69) is 27.0 Å². The number of halogens is 1. The number of para-hydroxylation sites is 1. The molecule has 3 rings (SSSR count). The Morgan fingerprint density at radius 3 is 2.71 bits per heavy atom. The highest BCUT2D eigenvalue weighted by Gasteiger charge is 2.12. The van der Waals surface area contributed by atoms with Gasteiger partial charge in [-0.15, -0.1) is 11.3 Å². The fraction of sp³-hybridized carbons (Fsp3) is 0.111. The Morgan fingerprint density at radius 2 is 2.04 bits per heavy atom. The molecule has 0 unspecified atom stereocenters. The molecule has 6 heteroatoms. The Labute approximate surface area is 152 Å². The first-order valence-corrected chi connectivity index (χ1v) is 8.66. The zero-order valence-electron chi connectivity index (χ0n) is 13.0. The molecule has 24 heavy (non-hydrogen) atoms. The molecule has 120 valence electrons. The van der Waals surface area contributed by atoms with Crippen LogP contribution in [0, 0.1) is 11.3 Å². The van der Waals surface area contributed by atoms with E-state index in [0.717, 1.165) is 20.3 Å². The number of benzene rings is 2. The molecular weight excluding hydrogens is 388 g/mol. The van der Waals surface area contributed by atoms with Gasteiger partial charge < -0.3 is 9.47 Å². The maximum Gasteiger partial charge on any atom is 0.174 e. The Hall–Kier alpha value is -2.36. The van der Waals surface area contributed by atoms with Gasteiger partial charge in [-0.05, 0) is 51.8 Å². The average Bonchev–Trinajstić information content (AvgIpc) is 3.02. The van der Waals surface area contributed by atoms with Gasteiger partial charge in [0.15, 0.2) is 11.5 Å². The smallest absolute Gasteiger partial charge is 0.174 e. The lowest BCUT2D eigenvalue weighted by molar-refractivity contribution is 0.353. The van der Waals surface area contributed by atoms with E-state index in [4.69, 9.17) is 9.47 Å². The third kappa shape index (κ3) is 3.14. The van der Waals surface area contributed by atoms with E-state index in [1.54, 1.807) is 20.3 Å². The molecule has 3 aromatic rings. The molecule has 0 N–H and O–H groups in total. The van der Waals surface area contributed by atoms with Gasteiger partial charge in [-0.25, -0.2) is 4.98 Å². The van der Waals surface area contributed by atoms with E-state index in [-0.39, 0.29) is 0 Å². The number of methoxy groups -OCH3 is 2. The van der Waals surface area contributed by atoms with Crippen molar-refractivity contribution in [2.75, 3.05) is 14.2 Å². The third-order valence-corrected chi connectivity index (χ3v) is 5.07. The van der Waals surface area contributed by atoms with Gasteiger partial charge in [0.25, 0.3) is 0 Å². The first kappa shape index (κ1) is 16.5. The first-order chi connectivity index (χ1) is 11.7. The highest BCUT2D eigenvalue weighted by molar-refractivity contribution is 9.10. The number of thiazole rings is 1. The summed E-state index contributed by atoms with van der Waals surface area (Å²) >= 11 is 4.97. The van der Waals surface area contributed by atoms with Crippen LogP contribution in [0.15, 0.2) is 40.9 Å². The molecule has 1 aromatic heterocycles. The maximum atomic E-state index is 9.54. The molecule has 0 saturated carbocycles. The van der Waals surface area contributed by atoms with Crippen LogP contribution in [0.5, 0.6) is 11.5 Å². The molecule has 0 saturated heterocycles. The number of fused-ring (bicyclic) bond motifs is 1. The van der Waals surface area contributed by atoms with E-state index in [1.165, 1.54) is 11.3 Å². The number of allylic oxidation sites excluding steroid dienone is 1. The van der Waals surface area contributed by atoms with Gasteiger partial charge in [0.05, 0.1) is 34.5 Å². The molecule has 0 amide bonds. The summed E-state index contributed by atoms with van der Waals surface area (Å²) in [4.78, 5) is 4.54. The Bertz CT molecular complexity index is 940. The number of rotatable bonds is 4. The molecular formula is C18H13BrN2O2S. The van der Waals surface area contributed by atoms with Gasteiger partial charge in [-0.1, -0.05) is 12.1 Å². The van der Waals surface area contributed by atoms with Crippen LogP contribution in [0.3, 0.4) is 0 Å². The van der Waals surface area contributed by atoms with Crippen LogP contribution >= 0.6 is 27.3 Å². The molecule has 0 aliphatic heterocycles. The Kier molecular flexibility index (Phi) is 4.84. The second kappa shape index (κ2) is 7.04. The highest BCUT2D eigenvalue weighted by Crippen LogP contribution is 2.37. The lowest BCUT2D eigenvalue weighted by Gasteiger charge is -2.10. The minimum Gasteiger partial charge on any atom is -0.493 e. The first-order valence-electron chi connectivity index (χ1n) is 7.05. The summed E-state index contributed by atoms with van der Waals surface area (Å²) in [6.07, 6.45) is 1.80. The van der Waals surface area contributed by atoms with Gasteiger partial charge >= 0.3 is 0 Å². The van der Waals surface area contributed by atoms with E-state index >= 15 is 0 Å². The van der Waals surface area contributed by atoms with Crippen molar-refractivity contribution in [1.29, 1.82) is 5.26 Å². The summed E-state index contributed by atoms with van der Waals surface area (Å²) in [7, 11) is 3.16. The van der Waals surface area contributed by atoms with E-state index in [0.29, 0.717) is 22.1 Å². The summed E-state index contributed by atoms with van der Waals surface area (Å²) < 4.78 is 12.5. The topological polar surface area (TPSA) is 55.1 Å². The third-order valence-electron chi connectivity index (χ3n) is 3.41. The number of aromatic nitrogens is 1. The van der Waals surface area contributed by atoms with Crippen LogP contribution in [0.1, 0.15) is 10.6 Å². The van der Waals surface area contributed by atoms with Crippen molar-refractivity contribution in [2.24, 2.45) is 0 Å². The molecule has 0 spiro atoms. The lowest BCUT2D eigenvalue weighted by atomic mass is 10.1. The number of nitriles is 1. The number of hydrogen-bond acceptors (Lipinski definition) is 5. The summed E-state index contributed by atoms with van der Waals surface area (Å²) in [6, 6.07) is 13.8. The Morgan fingerprint density at radius 1 is 1.25 bits per heavy atom. The molecule has 1 heterocycles. The molecule has 0 radical (unpaired) electrons. The van der Waals surface area contributed by atoms with Gasteiger partial charge in [0, 0.05) is 0 Å². The zero-order chi connectivity index (χ0) is 17.1. The maximum absolute atomic E-state index is 9.54. The quantitative estimate of drug-likeness (QED) is 0.568. The predicted molar refractivity (Wildman–Crippen MR) is 100 cm³/mol. The monoisotopic (exact) mass is 400 g/mol. The lowest BCUT2D eigenvalue weighted by Crippen LogP contribution is -1.92. The van der Waals surface area contributed by atoms with Crippen LogP contribution in [0.4, 0.5) is 0 Å². The van der Waals surface area contributed by atoms with Gasteiger partial charge in [-0.3, -0.25) is 0 Å². The highest BCUT2D eigenvalue weighted by atomic mass is 79.9. The standard InChI is InChI=1S/C18H13BrN2O2S/c1-22-15-9-11(8-13(19)17(15)23-2)7-12(10-20)18-21-14-5-3-4-6-16(14)24-18/h3-9H,1-2H3. The van der Waals surface area contributed by atoms with Crippen molar-refractivity contribution in [3.63, 3.8) is 0 Å². The van der Waals surface area contributed by atoms with Crippen LogP contribution in [-0.4, -0.2) is 19.2 Å². The van der Waals surface area contributed by atoms with Crippen LogP contribution in [0.25, 0.3) is 21.9 Å². The van der Waals surface area contributed by atoms with Crippen LogP contribution in [-0.2, 0) is 0 Å². The largest absolute Gasteiger partial charge is 0.493 e. The summed E-state index contributed by atoms with van der Waals surface area (Å²) in [5.74, 6) is 1.22. The van der Waals surface area contributed by atoms with Crippen LogP contribution in [0.2, 0.25) is 0 Å². The molecule has 0 aliphatic rings. The van der Waals surface area contributed by atoms with Crippen molar-refractivity contribution in [3.8, 4) is 17.6 Å². The molecule has 0 bridgehead atoms. The zero-order valence-corrected chi connectivity index (χ0v) is 15.4. The minimum atomic E-state index is 0.510. The van der Waals surface area contributed by atoms with Crippen LogP contribution < -0.4 is 9.47 Å². The SMILES string of the molecule is COc1cc(C=C(C#N)c2nc3ccccc3s2)cc(Br)c1OC. The Balaban J connectivity index is 2.08. The van der Waals surface area contributed by atoms with E-state index < -0.39 is 0 Å². The van der Waals surface area contributed by atoms with Crippen molar-refractivity contribution >= 4 is 49.1 Å². The minimum absolute atomic E-state index is 0.510. The number of hydrogen-bond donors (Lipinski definition) is 0. The molecule has 2 aromatic carbocycles. The fourth-order valence-electron chi connectivity index (χ4n) is 2.32. The van der Waals surface area contributed by atoms with Crippen molar-refractivity contribution in [1.82, 2.24) is 4.98 Å². The molecule has 0 fully saturated rings. The van der Waals surface area contributed by atoms with Crippen molar-refractivity contribution < 1.29 is 9.47 Å². The fourth-order valence-corrected chi connectivity index (χ4v) is 3.87. The number of nitrogens with zero attached hydrogens (tertiary/aromatic N) is 2. The summed E-state index contributed by atoms with van der Waals surface area (Å²) in [6.45, 7) is 0. The second-order valence-corrected chi connectivity index (χ2v) is 6.78. The summed E-state index contributed by atoms with van der Waals surface area (Å²) in [5, 5.41) is 10.2. The van der Waals surface area contributed by atoms with E-state index in [1.807, 2.05) is 36.4 Å². The number of ether oxygens (including phenoxy) is 2. The van der Waals surface area contributed by atoms with Gasteiger partial charge in [0.1, 0.15) is 11.1 Å². The normalized spacial score (nSPS) is 11.3. The average molecular weight is 401 g/mol. The van der Waals surface area contributed by atoms with Crippen molar-refractivity contribution in [2.45, 2.75) is 0 Å². The predicted octanol–water partition coefficient (Wildman–Crippen LogP) is 5.14. The second-order valence-electron chi connectivity index (χ2n) is 4.89. The summed E-state index contributed by atoms with van der Waals surface area (Å²) in [5.41, 5.74) is 2.23. The molecule has 0 aliphatic carbocycles. The van der Waals surface area contributed by atoms with Crippen molar-refractivity contribution in [3.05, 3.63) is 51.4 Å². The molecule has 4 nitrogen and oxygen atoms in total. The molecule has 0 atom stereocenters. The van der Waals surface area contributed by atoms with E-state index in [9.17, 15) is 5.26 Å². The van der Waals surface area contributed by atoms with Gasteiger partial charge in [-0.2, -0.15) is 5.26 Å².